The second-order valence-electron chi connectivity index (χ2n) is 4.92. The number of ketones is 1. The van der Waals surface area contributed by atoms with Crippen molar-refractivity contribution in [3.05, 3.63) is 85.3 Å². The number of hydrogen-bond acceptors (Lipinski definition) is 2. The summed E-state index contributed by atoms with van der Waals surface area (Å²) in [5.41, 5.74) is 3.55. The molecular formula is C20H23NO. The lowest BCUT2D eigenvalue weighted by Gasteiger charge is -2.11. The number of aromatic nitrogens is 1. The van der Waals surface area contributed by atoms with Crippen molar-refractivity contribution in [1.29, 1.82) is 0 Å². The maximum atomic E-state index is 12.3. The van der Waals surface area contributed by atoms with Crippen LogP contribution in [0.2, 0.25) is 0 Å². The third-order valence-electron chi connectivity index (χ3n) is 3.20. The summed E-state index contributed by atoms with van der Waals surface area (Å²) >= 11 is 0. The van der Waals surface area contributed by atoms with E-state index in [1.54, 1.807) is 24.4 Å². The monoisotopic (exact) mass is 293 g/mol. The summed E-state index contributed by atoms with van der Waals surface area (Å²) in [6.45, 7) is 15.0. The van der Waals surface area contributed by atoms with Gasteiger partial charge in [-0.1, -0.05) is 36.0 Å². The van der Waals surface area contributed by atoms with Gasteiger partial charge in [0.2, 0.25) is 0 Å². The van der Waals surface area contributed by atoms with Crippen molar-refractivity contribution in [2.24, 2.45) is 0 Å². The van der Waals surface area contributed by atoms with Crippen LogP contribution < -0.4 is 0 Å². The van der Waals surface area contributed by atoms with Crippen LogP contribution in [0.4, 0.5) is 0 Å². The van der Waals surface area contributed by atoms with E-state index in [2.05, 4.69) is 31.3 Å². The van der Waals surface area contributed by atoms with E-state index in [1.165, 1.54) is 0 Å². The van der Waals surface area contributed by atoms with E-state index >= 15 is 0 Å². The van der Waals surface area contributed by atoms with Gasteiger partial charge in [-0.3, -0.25) is 9.78 Å². The largest absolute Gasteiger partial charge is 0.294 e. The first-order valence-corrected chi connectivity index (χ1v) is 7.32. The molecule has 1 heterocycles. The van der Waals surface area contributed by atoms with Crippen LogP contribution in [0.3, 0.4) is 0 Å². The molecule has 1 aromatic rings. The second-order valence-corrected chi connectivity index (χ2v) is 4.92. The second kappa shape index (κ2) is 9.46. The van der Waals surface area contributed by atoms with Crippen LogP contribution in [0, 0.1) is 0 Å². The van der Waals surface area contributed by atoms with Gasteiger partial charge in [0.05, 0.1) is 5.69 Å². The van der Waals surface area contributed by atoms with Crippen molar-refractivity contribution in [2.75, 3.05) is 0 Å². The molecule has 0 aliphatic carbocycles. The first-order chi connectivity index (χ1) is 10.7. The van der Waals surface area contributed by atoms with E-state index in [4.69, 9.17) is 0 Å². The Morgan fingerprint density at radius 2 is 1.64 bits per heavy atom. The van der Waals surface area contributed by atoms with Crippen LogP contribution in [0.25, 0.3) is 6.08 Å². The third kappa shape index (κ3) is 4.81. The molecule has 0 fully saturated rings. The van der Waals surface area contributed by atoms with Crippen molar-refractivity contribution in [3.8, 4) is 0 Å². The van der Waals surface area contributed by atoms with Crippen molar-refractivity contribution in [3.63, 3.8) is 0 Å². The minimum Gasteiger partial charge on any atom is -0.294 e. The molecule has 0 unspecified atom stereocenters. The molecule has 0 amide bonds. The highest BCUT2D eigenvalue weighted by molar-refractivity contribution is 6.00. The van der Waals surface area contributed by atoms with Gasteiger partial charge in [-0.25, -0.2) is 0 Å². The summed E-state index contributed by atoms with van der Waals surface area (Å²) in [5.74, 6) is 0.0468. The lowest BCUT2D eigenvalue weighted by molar-refractivity contribution is 0.0995. The molecule has 1 aromatic heterocycles. The smallest absolute Gasteiger partial charge is 0.167 e. The molecule has 0 aliphatic rings. The Bertz CT molecular complexity index is 596. The molecule has 1 rings (SSSR count). The van der Waals surface area contributed by atoms with E-state index in [-0.39, 0.29) is 5.78 Å². The molecule has 0 atom stereocenters. The summed E-state index contributed by atoms with van der Waals surface area (Å²) < 4.78 is 0. The minimum atomic E-state index is 0.0468. The summed E-state index contributed by atoms with van der Waals surface area (Å²) in [6.07, 6.45) is 13.3. The first kappa shape index (κ1) is 17.6. The van der Waals surface area contributed by atoms with Gasteiger partial charge in [0.1, 0.15) is 0 Å². The zero-order chi connectivity index (χ0) is 16.4. The lowest BCUT2D eigenvalue weighted by Crippen LogP contribution is -2.05. The lowest BCUT2D eigenvalue weighted by atomic mass is 9.95. The Morgan fingerprint density at radius 1 is 1.00 bits per heavy atom. The van der Waals surface area contributed by atoms with Crippen LogP contribution in [-0.2, 0) is 6.42 Å². The predicted molar refractivity (Wildman–Crippen MR) is 94.9 cm³/mol. The van der Waals surface area contributed by atoms with Crippen molar-refractivity contribution in [2.45, 2.75) is 25.7 Å². The molecule has 0 bridgehead atoms. The number of pyridine rings is 1. The fraction of sp³-hybridized carbons (Fsp3) is 0.200. The van der Waals surface area contributed by atoms with E-state index in [0.29, 0.717) is 18.4 Å². The Labute approximate surface area is 133 Å². The van der Waals surface area contributed by atoms with E-state index in [0.717, 1.165) is 29.7 Å². The maximum Gasteiger partial charge on any atom is 0.167 e. The topological polar surface area (TPSA) is 30.0 Å². The van der Waals surface area contributed by atoms with Gasteiger partial charge in [-0.2, -0.15) is 0 Å². The Morgan fingerprint density at radius 3 is 2.18 bits per heavy atom. The van der Waals surface area contributed by atoms with Gasteiger partial charge < -0.3 is 0 Å². The molecule has 0 spiro atoms. The molecule has 0 aliphatic heterocycles. The molecule has 0 aromatic carbocycles. The van der Waals surface area contributed by atoms with Crippen LogP contribution in [-0.4, -0.2) is 10.8 Å². The summed E-state index contributed by atoms with van der Waals surface area (Å²) in [6, 6.07) is 1.77. The molecule has 22 heavy (non-hydrogen) atoms. The Hall–Kier alpha value is -2.48. The standard InChI is InChI=1S/C20H23NO/c1-5-9-16(10-6-2)15-18-17(20(22)12-8-4)13-14-21-19(18)11-7-3/h5-8,13-15H,1-4,9-12H2. The molecule has 0 saturated carbocycles. The van der Waals surface area contributed by atoms with Gasteiger partial charge in [0.15, 0.2) is 5.78 Å². The van der Waals surface area contributed by atoms with Gasteiger partial charge in [0, 0.05) is 30.2 Å². The molecule has 0 N–H and O–H groups in total. The fourth-order valence-electron chi connectivity index (χ4n) is 2.24. The zero-order valence-corrected chi connectivity index (χ0v) is 13.1. The SMILES string of the molecule is C=CCC(=O)c1ccnc(CC=C)c1C=C(CC=C)CC=C. The molecule has 0 radical (unpaired) electrons. The van der Waals surface area contributed by atoms with Crippen molar-refractivity contribution < 1.29 is 4.79 Å². The van der Waals surface area contributed by atoms with E-state index < -0.39 is 0 Å². The van der Waals surface area contributed by atoms with Crippen LogP contribution >= 0.6 is 0 Å². The fourth-order valence-corrected chi connectivity index (χ4v) is 2.24. The van der Waals surface area contributed by atoms with Crippen molar-refractivity contribution in [1.82, 2.24) is 4.98 Å². The average Bonchev–Trinajstić information content (AvgIpc) is 2.50. The summed E-state index contributed by atoms with van der Waals surface area (Å²) in [7, 11) is 0. The highest BCUT2D eigenvalue weighted by Crippen LogP contribution is 2.22. The van der Waals surface area contributed by atoms with Gasteiger partial charge >= 0.3 is 0 Å². The number of carbonyl (C=O) groups excluding carboxylic acids is 1. The number of nitrogens with zero attached hydrogens (tertiary/aromatic N) is 1. The summed E-state index contributed by atoms with van der Waals surface area (Å²) in [5, 5.41) is 0. The Balaban J connectivity index is 3.43. The highest BCUT2D eigenvalue weighted by atomic mass is 16.1. The first-order valence-electron chi connectivity index (χ1n) is 7.32. The summed E-state index contributed by atoms with van der Waals surface area (Å²) in [4.78, 5) is 16.7. The van der Waals surface area contributed by atoms with Gasteiger partial charge in [0.25, 0.3) is 0 Å². The molecule has 2 heteroatoms. The van der Waals surface area contributed by atoms with E-state index in [9.17, 15) is 4.79 Å². The van der Waals surface area contributed by atoms with E-state index in [1.807, 2.05) is 18.2 Å². The number of allylic oxidation sites excluding steroid dienone is 5. The van der Waals surface area contributed by atoms with Gasteiger partial charge in [-0.15, -0.1) is 26.3 Å². The third-order valence-corrected chi connectivity index (χ3v) is 3.20. The van der Waals surface area contributed by atoms with Crippen LogP contribution in [0.15, 0.2) is 68.5 Å². The molecule has 0 saturated heterocycles. The number of rotatable bonds is 10. The van der Waals surface area contributed by atoms with Crippen molar-refractivity contribution >= 4 is 11.9 Å². The highest BCUT2D eigenvalue weighted by Gasteiger charge is 2.13. The molecule has 2 nitrogen and oxygen atoms in total. The maximum absolute atomic E-state index is 12.3. The normalized spacial score (nSPS) is 9.64. The predicted octanol–water partition coefficient (Wildman–Crippen LogP) is 5.10. The average molecular weight is 293 g/mol. The number of Topliss-reactive ketones (excluding diaryl/α,β-unsaturated/α-hetero) is 1. The quantitative estimate of drug-likeness (QED) is 0.443. The van der Waals surface area contributed by atoms with Crippen LogP contribution in [0.5, 0.6) is 0 Å². The number of carbonyl (C=O) groups is 1. The minimum absolute atomic E-state index is 0.0468. The van der Waals surface area contributed by atoms with Crippen LogP contribution in [0.1, 0.15) is 40.9 Å². The molecule has 114 valence electrons. The zero-order valence-electron chi connectivity index (χ0n) is 13.1. The Kier molecular flexibility index (Phi) is 7.55. The number of hydrogen-bond donors (Lipinski definition) is 0. The van der Waals surface area contributed by atoms with Gasteiger partial charge in [-0.05, 0) is 18.9 Å². The molecular weight excluding hydrogens is 270 g/mol.